The molecule has 0 saturated heterocycles. The first-order chi connectivity index (χ1) is 18.4. The van der Waals surface area contributed by atoms with E-state index in [2.05, 4.69) is 9.44 Å². The van der Waals surface area contributed by atoms with Crippen molar-refractivity contribution in [1.29, 1.82) is 0 Å². The van der Waals surface area contributed by atoms with E-state index in [0.29, 0.717) is 29.1 Å². The minimum absolute atomic E-state index is 0.0923. The van der Waals surface area contributed by atoms with E-state index in [1.807, 2.05) is 19.1 Å². The molecule has 2 aromatic carbocycles. The molecule has 4 aliphatic rings. The number of carbonyl (C=O) groups excluding carboxylic acids is 1. The van der Waals surface area contributed by atoms with E-state index in [1.54, 1.807) is 23.1 Å². The highest BCUT2D eigenvalue weighted by Gasteiger charge is 2.53. The van der Waals surface area contributed by atoms with Crippen molar-refractivity contribution in [2.45, 2.75) is 81.1 Å². The second-order valence-electron chi connectivity index (χ2n) is 12.4. The molecule has 3 saturated carbocycles. The van der Waals surface area contributed by atoms with E-state index < -0.39 is 20.0 Å². The Bertz CT molecular complexity index is 1520. The Kier molecular flexibility index (Phi) is 6.39. The number of hydrogen-bond acceptors (Lipinski definition) is 5. The number of nitrogens with one attached hydrogen (secondary N) is 2. The molecule has 1 unspecified atom stereocenters. The molecular weight excluding hydrogens is 534 g/mol. The summed E-state index contributed by atoms with van der Waals surface area (Å²) in [6, 6.07) is 11.6. The van der Waals surface area contributed by atoms with Crippen LogP contribution in [0.25, 0.3) is 0 Å². The molecule has 1 aliphatic heterocycles. The standard InChI is InChI=1S/C29H37N3O5S2/c1-20(21-5-3-6-21)30-39(36,37)24-8-4-7-22(17-24)27(33)32-19-29(15-13-28(11-12-28)14-16-29)25-18-23(9-10-26(25)32)31-38(2,34)35/h4,7-10,17-18,20-21,30-31H,3,5-6,11-16,19H2,1-2H3. The van der Waals surface area contributed by atoms with Gasteiger partial charge in [0, 0.05) is 34.9 Å². The van der Waals surface area contributed by atoms with E-state index in [-0.39, 0.29) is 22.3 Å². The third-order valence-corrected chi connectivity index (χ3v) is 11.8. The molecule has 6 rings (SSSR count). The van der Waals surface area contributed by atoms with Crippen LogP contribution in [0.1, 0.15) is 80.6 Å². The molecule has 39 heavy (non-hydrogen) atoms. The topological polar surface area (TPSA) is 113 Å². The first-order valence-electron chi connectivity index (χ1n) is 14.0. The van der Waals surface area contributed by atoms with E-state index in [1.165, 1.54) is 25.0 Å². The molecule has 2 N–H and O–H groups in total. The highest BCUT2D eigenvalue weighted by atomic mass is 32.2. The summed E-state index contributed by atoms with van der Waals surface area (Å²) in [7, 11) is -7.21. The first kappa shape index (κ1) is 26.8. The second kappa shape index (κ2) is 9.31. The normalized spacial score (nSPS) is 22.4. The number of amides is 1. The molecule has 0 radical (unpaired) electrons. The molecule has 10 heteroatoms. The lowest BCUT2D eigenvalue weighted by atomic mass is 9.66. The predicted octanol–water partition coefficient (Wildman–Crippen LogP) is 4.78. The Morgan fingerprint density at radius 1 is 0.974 bits per heavy atom. The second-order valence-corrected chi connectivity index (χ2v) is 15.9. The molecular formula is C29H37N3O5S2. The third kappa shape index (κ3) is 5.11. The van der Waals surface area contributed by atoms with Gasteiger partial charge in [-0.1, -0.05) is 12.5 Å². The van der Waals surface area contributed by atoms with Crippen molar-refractivity contribution in [2.24, 2.45) is 11.3 Å². The van der Waals surface area contributed by atoms with Gasteiger partial charge < -0.3 is 4.90 Å². The molecule has 0 aromatic heterocycles. The van der Waals surface area contributed by atoms with Gasteiger partial charge in [-0.25, -0.2) is 21.6 Å². The Balaban J connectivity index is 1.30. The highest BCUT2D eigenvalue weighted by molar-refractivity contribution is 7.92. The van der Waals surface area contributed by atoms with Crippen molar-refractivity contribution in [3.05, 3.63) is 53.6 Å². The van der Waals surface area contributed by atoms with Gasteiger partial charge in [-0.2, -0.15) is 0 Å². The van der Waals surface area contributed by atoms with Gasteiger partial charge in [0.05, 0.1) is 11.2 Å². The number of carbonyl (C=O) groups is 1. The maximum Gasteiger partial charge on any atom is 0.258 e. The predicted molar refractivity (Wildman–Crippen MR) is 152 cm³/mol. The maximum absolute atomic E-state index is 14.0. The third-order valence-electron chi connectivity index (χ3n) is 9.68. The fourth-order valence-corrected chi connectivity index (χ4v) is 8.70. The van der Waals surface area contributed by atoms with Crippen molar-refractivity contribution in [2.75, 3.05) is 22.4 Å². The highest BCUT2D eigenvalue weighted by Crippen LogP contribution is 2.62. The summed E-state index contributed by atoms with van der Waals surface area (Å²) in [5.41, 5.74) is 2.81. The van der Waals surface area contributed by atoms with Crippen LogP contribution >= 0.6 is 0 Å². The van der Waals surface area contributed by atoms with Crippen LogP contribution in [0.2, 0.25) is 0 Å². The van der Waals surface area contributed by atoms with Crippen LogP contribution in [-0.2, 0) is 25.5 Å². The van der Waals surface area contributed by atoms with Crippen LogP contribution in [0.15, 0.2) is 47.4 Å². The lowest BCUT2D eigenvalue weighted by molar-refractivity contribution is 0.0980. The molecule has 8 nitrogen and oxygen atoms in total. The van der Waals surface area contributed by atoms with E-state index >= 15 is 0 Å². The zero-order valence-electron chi connectivity index (χ0n) is 22.6. The molecule has 1 amide bonds. The molecule has 0 bridgehead atoms. The number of fused-ring (bicyclic) bond motifs is 2. The lowest BCUT2D eigenvalue weighted by Crippen LogP contribution is -2.41. The van der Waals surface area contributed by atoms with Crippen molar-refractivity contribution >= 4 is 37.3 Å². The Labute approximate surface area is 231 Å². The Hall–Kier alpha value is -2.43. The van der Waals surface area contributed by atoms with Gasteiger partial charge in [-0.05, 0) is 112 Å². The lowest BCUT2D eigenvalue weighted by Gasteiger charge is -2.38. The van der Waals surface area contributed by atoms with Crippen molar-refractivity contribution in [1.82, 2.24) is 4.72 Å². The minimum Gasteiger partial charge on any atom is -0.307 e. The van der Waals surface area contributed by atoms with Crippen molar-refractivity contribution in [3.8, 4) is 0 Å². The molecule has 2 spiro atoms. The summed E-state index contributed by atoms with van der Waals surface area (Å²) in [4.78, 5) is 15.8. The molecule has 1 heterocycles. The van der Waals surface area contributed by atoms with Gasteiger partial charge in [-0.15, -0.1) is 0 Å². The molecule has 210 valence electrons. The van der Waals surface area contributed by atoms with Crippen LogP contribution < -0.4 is 14.3 Å². The zero-order chi connectivity index (χ0) is 27.6. The summed E-state index contributed by atoms with van der Waals surface area (Å²) >= 11 is 0. The monoisotopic (exact) mass is 571 g/mol. The van der Waals surface area contributed by atoms with Gasteiger partial charge in [0.1, 0.15) is 0 Å². The Morgan fingerprint density at radius 2 is 1.67 bits per heavy atom. The van der Waals surface area contributed by atoms with Crippen molar-refractivity contribution in [3.63, 3.8) is 0 Å². The number of sulfonamides is 2. The van der Waals surface area contributed by atoms with E-state index in [9.17, 15) is 21.6 Å². The van der Waals surface area contributed by atoms with Gasteiger partial charge >= 0.3 is 0 Å². The molecule has 1 atom stereocenters. The number of rotatable bonds is 7. The van der Waals surface area contributed by atoms with Crippen molar-refractivity contribution < 1.29 is 21.6 Å². The number of hydrogen-bond donors (Lipinski definition) is 2. The van der Waals surface area contributed by atoms with E-state index in [0.717, 1.165) is 62.5 Å². The van der Waals surface area contributed by atoms with Gasteiger partial charge in [0.15, 0.2) is 0 Å². The van der Waals surface area contributed by atoms with Crippen LogP contribution in [0.5, 0.6) is 0 Å². The average molecular weight is 572 g/mol. The van der Waals surface area contributed by atoms with Gasteiger partial charge in [0.2, 0.25) is 20.0 Å². The first-order valence-corrected chi connectivity index (χ1v) is 17.3. The smallest absolute Gasteiger partial charge is 0.258 e. The summed E-state index contributed by atoms with van der Waals surface area (Å²) in [6.07, 6.45) is 11.0. The maximum atomic E-state index is 14.0. The summed E-state index contributed by atoms with van der Waals surface area (Å²) in [6.45, 7) is 2.41. The molecule has 2 aromatic rings. The summed E-state index contributed by atoms with van der Waals surface area (Å²) in [5, 5.41) is 0. The van der Waals surface area contributed by atoms with Gasteiger partial charge in [0.25, 0.3) is 5.91 Å². The zero-order valence-corrected chi connectivity index (χ0v) is 24.2. The summed E-state index contributed by atoms with van der Waals surface area (Å²) < 4.78 is 55.5. The summed E-state index contributed by atoms with van der Waals surface area (Å²) in [5.74, 6) is 0.113. The fraction of sp³-hybridized carbons (Fsp3) is 0.552. The van der Waals surface area contributed by atoms with Crippen LogP contribution in [0.3, 0.4) is 0 Å². The molecule has 3 aliphatic carbocycles. The fourth-order valence-electron chi connectivity index (χ4n) is 6.79. The number of benzene rings is 2. The Morgan fingerprint density at radius 3 is 2.28 bits per heavy atom. The van der Waals surface area contributed by atoms with Crippen LogP contribution in [0.4, 0.5) is 11.4 Å². The van der Waals surface area contributed by atoms with Crippen LogP contribution in [0, 0.1) is 11.3 Å². The van der Waals surface area contributed by atoms with Gasteiger partial charge in [-0.3, -0.25) is 9.52 Å². The SMILES string of the molecule is CC(NS(=O)(=O)c1cccc(C(=O)N2CC3(CCC4(CC4)CC3)c3cc(NS(C)(=O)=O)ccc32)c1)C1CCC1. The quantitative estimate of drug-likeness (QED) is 0.497. The number of anilines is 2. The largest absolute Gasteiger partial charge is 0.307 e. The molecule has 3 fully saturated rings. The minimum atomic E-state index is -3.76. The van der Waals surface area contributed by atoms with Crippen LogP contribution in [-0.4, -0.2) is 41.6 Å². The number of nitrogens with zero attached hydrogens (tertiary/aromatic N) is 1. The van der Waals surface area contributed by atoms with E-state index in [4.69, 9.17) is 0 Å². The average Bonchev–Trinajstić information content (AvgIpc) is 3.53.